The monoisotopic (exact) mass is 217 g/mol. The van der Waals surface area contributed by atoms with Crippen molar-refractivity contribution in [3.05, 3.63) is 29.8 Å². The van der Waals surface area contributed by atoms with Gasteiger partial charge in [0.05, 0.1) is 11.6 Å². The third kappa shape index (κ3) is 1.61. The predicted octanol–water partition coefficient (Wildman–Crippen LogP) is 1.29. The molecule has 16 heavy (non-hydrogen) atoms. The molecule has 0 aliphatic carbocycles. The Morgan fingerprint density at radius 1 is 1.38 bits per heavy atom. The second-order valence-electron chi connectivity index (χ2n) is 3.97. The van der Waals surface area contributed by atoms with Gasteiger partial charge in [-0.25, -0.2) is 0 Å². The third-order valence-corrected chi connectivity index (χ3v) is 2.85. The van der Waals surface area contributed by atoms with Gasteiger partial charge in [-0.05, 0) is 25.5 Å². The van der Waals surface area contributed by atoms with Crippen LogP contribution >= 0.6 is 0 Å². The smallest absolute Gasteiger partial charge is 0.257 e. The maximum absolute atomic E-state index is 12.0. The molecule has 0 aromatic heterocycles. The van der Waals surface area contributed by atoms with E-state index >= 15 is 0 Å². The summed E-state index contributed by atoms with van der Waals surface area (Å²) in [6.07, 6.45) is 0. The fraction of sp³-hybridized carbons (Fsp3) is 0.333. The molecule has 2 N–H and O–H groups in total. The normalized spacial score (nSPS) is 20.2. The number of hydrazone groups is 1. The molecule has 0 saturated heterocycles. The third-order valence-electron chi connectivity index (χ3n) is 2.85. The standard InChI is InChI=1S/C12H15N3O/c1-8-5-3-4-6-11(8)15-12(16)10(7-13)9(2)14-15/h3-6,10H,7,13H2,1-2H3. The van der Waals surface area contributed by atoms with Crippen LogP contribution in [-0.2, 0) is 4.79 Å². The number of nitrogens with two attached hydrogens (primary N) is 1. The Hall–Kier alpha value is -1.68. The first-order chi connectivity index (χ1) is 7.65. The van der Waals surface area contributed by atoms with Gasteiger partial charge in [-0.3, -0.25) is 4.79 Å². The lowest BCUT2D eigenvalue weighted by molar-refractivity contribution is -0.119. The highest BCUT2D eigenvalue weighted by atomic mass is 16.2. The first-order valence-corrected chi connectivity index (χ1v) is 5.30. The van der Waals surface area contributed by atoms with Gasteiger partial charge in [-0.1, -0.05) is 18.2 Å². The molecule has 84 valence electrons. The Labute approximate surface area is 94.7 Å². The van der Waals surface area contributed by atoms with Crippen LogP contribution in [0.1, 0.15) is 12.5 Å². The van der Waals surface area contributed by atoms with Crippen molar-refractivity contribution in [2.75, 3.05) is 11.6 Å². The van der Waals surface area contributed by atoms with Crippen LogP contribution in [-0.4, -0.2) is 18.2 Å². The summed E-state index contributed by atoms with van der Waals surface area (Å²) in [5.41, 5.74) is 8.22. The zero-order chi connectivity index (χ0) is 11.7. The Morgan fingerprint density at radius 2 is 2.06 bits per heavy atom. The van der Waals surface area contributed by atoms with Gasteiger partial charge >= 0.3 is 0 Å². The molecule has 0 bridgehead atoms. The Balaban J connectivity index is 2.38. The molecule has 4 nitrogen and oxygen atoms in total. The number of carbonyl (C=O) groups is 1. The Bertz CT molecular complexity index is 453. The number of hydrogen-bond donors (Lipinski definition) is 1. The summed E-state index contributed by atoms with van der Waals surface area (Å²) < 4.78 is 0. The van der Waals surface area contributed by atoms with E-state index in [0.717, 1.165) is 17.0 Å². The van der Waals surface area contributed by atoms with Crippen LogP contribution in [0.5, 0.6) is 0 Å². The molecule has 4 heteroatoms. The van der Waals surface area contributed by atoms with E-state index in [1.165, 1.54) is 5.01 Å². The van der Waals surface area contributed by atoms with E-state index in [-0.39, 0.29) is 11.8 Å². The summed E-state index contributed by atoms with van der Waals surface area (Å²) in [4.78, 5) is 12.0. The van der Waals surface area contributed by atoms with Crippen molar-refractivity contribution in [3.8, 4) is 0 Å². The molecule has 1 unspecified atom stereocenters. The molecule has 0 fully saturated rings. The minimum atomic E-state index is -0.264. The minimum absolute atomic E-state index is 0.0331. The summed E-state index contributed by atoms with van der Waals surface area (Å²) in [5.74, 6) is -0.297. The zero-order valence-corrected chi connectivity index (χ0v) is 9.47. The molecule has 1 aliphatic rings. The molecule has 1 amide bonds. The average Bonchev–Trinajstić information content (AvgIpc) is 2.55. The van der Waals surface area contributed by atoms with E-state index < -0.39 is 0 Å². The summed E-state index contributed by atoms with van der Waals surface area (Å²) in [5, 5.41) is 5.73. The predicted molar refractivity (Wildman–Crippen MR) is 64.3 cm³/mol. The first kappa shape index (κ1) is 10.8. The molecule has 1 aromatic rings. The second-order valence-corrected chi connectivity index (χ2v) is 3.97. The fourth-order valence-corrected chi connectivity index (χ4v) is 1.85. The molecular weight excluding hydrogens is 202 g/mol. The highest BCUT2D eigenvalue weighted by molar-refractivity contribution is 6.15. The van der Waals surface area contributed by atoms with Crippen LogP contribution in [0.4, 0.5) is 5.69 Å². The second kappa shape index (κ2) is 4.06. The van der Waals surface area contributed by atoms with Crippen LogP contribution in [0.2, 0.25) is 0 Å². The van der Waals surface area contributed by atoms with Crippen molar-refractivity contribution < 1.29 is 4.79 Å². The van der Waals surface area contributed by atoms with Gasteiger partial charge in [0.25, 0.3) is 5.91 Å². The number of para-hydroxylation sites is 1. The van der Waals surface area contributed by atoms with E-state index in [9.17, 15) is 4.79 Å². The Kier molecular flexibility index (Phi) is 2.75. The highest BCUT2D eigenvalue weighted by Crippen LogP contribution is 2.26. The van der Waals surface area contributed by atoms with E-state index in [2.05, 4.69) is 5.10 Å². The number of hydrogen-bond acceptors (Lipinski definition) is 3. The van der Waals surface area contributed by atoms with Crippen LogP contribution in [0.25, 0.3) is 0 Å². The van der Waals surface area contributed by atoms with E-state index in [4.69, 9.17) is 5.73 Å². The summed E-state index contributed by atoms with van der Waals surface area (Å²) in [6.45, 7) is 4.12. The molecule has 0 saturated carbocycles. The molecule has 1 atom stereocenters. The van der Waals surface area contributed by atoms with Gasteiger partial charge in [0.1, 0.15) is 0 Å². The molecule has 1 aromatic carbocycles. The average molecular weight is 217 g/mol. The summed E-state index contributed by atoms with van der Waals surface area (Å²) >= 11 is 0. The van der Waals surface area contributed by atoms with Crippen LogP contribution in [0, 0.1) is 12.8 Å². The topological polar surface area (TPSA) is 58.7 Å². The van der Waals surface area contributed by atoms with Crippen molar-refractivity contribution in [1.82, 2.24) is 0 Å². The number of aryl methyl sites for hydroxylation is 1. The fourth-order valence-electron chi connectivity index (χ4n) is 1.85. The van der Waals surface area contributed by atoms with Gasteiger partial charge in [0, 0.05) is 12.3 Å². The lowest BCUT2D eigenvalue weighted by Crippen LogP contribution is -2.32. The van der Waals surface area contributed by atoms with E-state index in [1.807, 2.05) is 38.1 Å². The molecule has 2 rings (SSSR count). The highest BCUT2D eigenvalue weighted by Gasteiger charge is 2.33. The van der Waals surface area contributed by atoms with Crippen molar-refractivity contribution in [3.63, 3.8) is 0 Å². The number of carbonyl (C=O) groups excluding carboxylic acids is 1. The van der Waals surface area contributed by atoms with Crippen molar-refractivity contribution in [1.29, 1.82) is 0 Å². The zero-order valence-electron chi connectivity index (χ0n) is 9.47. The van der Waals surface area contributed by atoms with Crippen molar-refractivity contribution in [2.45, 2.75) is 13.8 Å². The molecular formula is C12H15N3O. The van der Waals surface area contributed by atoms with Gasteiger partial charge in [0.15, 0.2) is 0 Å². The van der Waals surface area contributed by atoms with Gasteiger partial charge < -0.3 is 5.73 Å². The number of amides is 1. The van der Waals surface area contributed by atoms with Crippen LogP contribution < -0.4 is 10.7 Å². The summed E-state index contributed by atoms with van der Waals surface area (Å²) in [6, 6.07) is 7.69. The maximum atomic E-state index is 12.0. The number of anilines is 1. The number of rotatable bonds is 2. The van der Waals surface area contributed by atoms with Crippen LogP contribution in [0.15, 0.2) is 29.4 Å². The van der Waals surface area contributed by atoms with E-state index in [0.29, 0.717) is 6.54 Å². The SMILES string of the molecule is CC1=NN(c2ccccc2C)C(=O)C1CN. The molecule has 1 heterocycles. The first-order valence-electron chi connectivity index (χ1n) is 5.30. The van der Waals surface area contributed by atoms with Gasteiger partial charge in [-0.15, -0.1) is 0 Å². The Morgan fingerprint density at radius 3 is 2.62 bits per heavy atom. The number of nitrogens with zero attached hydrogens (tertiary/aromatic N) is 2. The van der Waals surface area contributed by atoms with Gasteiger partial charge in [-0.2, -0.15) is 10.1 Å². The quantitative estimate of drug-likeness (QED) is 0.811. The molecule has 0 spiro atoms. The lowest BCUT2D eigenvalue weighted by Gasteiger charge is -2.15. The minimum Gasteiger partial charge on any atom is -0.329 e. The lowest BCUT2D eigenvalue weighted by atomic mass is 10.1. The maximum Gasteiger partial charge on any atom is 0.257 e. The van der Waals surface area contributed by atoms with E-state index in [1.54, 1.807) is 0 Å². The molecule has 0 radical (unpaired) electrons. The van der Waals surface area contributed by atoms with Crippen molar-refractivity contribution >= 4 is 17.3 Å². The summed E-state index contributed by atoms with van der Waals surface area (Å²) in [7, 11) is 0. The largest absolute Gasteiger partial charge is 0.329 e. The molecule has 1 aliphatic heterocycles. The van der Waals surface area contributed by atoms with Crippen molar-refractivity contribution in [2.24, 2.45) is 16.8 Å². The van der Waals surface area contributed by atoms with Gasteiger partial charge in [0.2, 0.25) is 0 Å². The van der Waals surface area contributed by atoms with Crippen LogP contribution in [0.3, 0.4) is 0 Å². The number of benzene rings is 1.